The highest BCUT2D eigenvalue weighted by molar-refractivity contribution is 5.80. The Bertz CT molecular complexity index is 512. The van der Waals surface area contributed by atoms with Crippen LogP contribution in [-0.4, -0.2) is 32.3 Å². The summed E-state index contributed by atoms with van der Waals surface area (Å²) in [4.78, 5) is 11.5. The molecule has 1 N–H and O–H groups in total. The van der Waals surface area contributed by atoms with Crippen molar-refractivity contribution in [3.63, 3.8) is 0 Å². The first-order valence-corrected chi connectivity index (χ1v) is 6.00. The van der Waals surface area contributed by atoms with Gasteiger partial charge in [-0.15, -0.1) is 0 Å². The van der Waals surface area contributed by atoms with E-state index in [9.17, 15) is 22.4 Å². The van der Waals surface area contributed by atoms with Gasteiger partial charge in [0, 0.05) is 12.5 Å². The number of likely N-dealkylation sites (N-methyl/N-ethyl adjacent to an activating group) is 1. The average molecular weight is 309 g/mol. The van der Waals surface area contributed by atoms with Crippen molar-refractivity contribution < 1.29 is 31.8 Å². The van der Waals surface area contributed by atoms with Gasteiger partial charge in [-0.05, 0) is 14.0 Å². The third-order valence-electron chi connectivity index (χ3n) is 3.11. The average Bonchev–Trinajstić information content (AvgIpc) is 2.47. The first-order chi connectivity index (χ1) is 9.76. The molecule has 1 aromatic carbocycles. The number of carbonyl (C=O) groups excluding carboxylic acids is 1. The minimum atomic E-state index is -1.63. The molecule has 0 aliphatic rings. The minimum absolute atomic E-state index is 0.0345. The van der Waals surface area contributed by atoms with Crippen molar-refractivity contribution in [3.05, 3.63) is 29.3 Å². The molecule has 0 radical (unpaired) electrons. The minimum Gasteiger partial charge on any atom is -0.487 e. The fraction of sp³-hybridized carbons (Fsp3) is 0.462. The zero-order valence-electron chi connectivity index (χ0n) is 11.7. The zero-order chi connectivity index (χ0) is 16.2. The number of benzene rings is 1. The van der Waals surface area contributed by atoms with Crippen LogP contribution in [0, 0.1) is 23.3 Å². The Morgan fingerprint density at radius 1 is 1.24 bits per heavy atom. The molecule has 0 aliphatic carbocycles. The Morgan fingerprint density at radius 2 is 1.76 bits per heavy atom. The first kappa shape index (κ1) is 17.2. The second-order valence-corrected chi connectivity index (χ2v) is 4.47. The van der Waals surface area contributed by atoms with Gasteiger partial charge in [0.25, 0.3) is 0 Å². The number of carbonyl (C=O) groups is 1. The number of nitrogens with one attached hydrogen (secondary N) is 1. The molecule has 4 nitrogen and oxygen atoms in total. The molecule has 0 fully saturated rings. The standard InChI is InChI=1S/C13H15F4NO3/c1-13(18-2,12(19)20-3)4-5-21-11-9(16)7(14)6-8(15)10(11)17/h6,18H,4-5H2,1-3H3. The maximum atomic E-state index is 13.4. The Kier molecular flexibility index (Phi) is 5.54. The summed E-state index contributed by atoms with van der Waals surface area (Å²) in [5.41, 5.74) is -1.16. The van der Waals surface area contributed by atoms with Gasteiger partial charge in [-0.2, -0.15) is 8.78 Å². The van der Waals surface area contributed by atoms with Crippen LogP contribution in [0.15, 0.2) is 6.07 Å². The summed E-state index contributed by atoms with van der Waals surface area (Å²) < 4.78 is 62.0. The molecular weight excluding hydrogens is 294 g/mol. The topological polar surface area (TPSA) is 47.6 Å². The predicted octanol–water partition coefficient (Wildman–Crippen LogP) is 2.16. The highest BCUT2D eigenvalue weighted by Gasteiger charge is 2.32. The van der Waals surface area contributed by atoms with Crippen LogP contribution in [0.2, 0.25) is 0 Å². The van der Waals surface area contributed by atoms with Crippen LogP contribution in [-0.2, 0) is 9.53 Å². The van der Waals surface area contributed by atoms with Crippen molar-refractivity contribution >= 4 is 5.97 Å². The number of methoxy groups -OCH3 is 1. The largest absolute Gasteiger partial charge is 0.487 e. The molecule has 0 aliphatic heterocycles. The van der Waals surface area contributed by atoms with Gasteiger partial charge in [-0.3, -0.25) is 4.79 Å². The number of esters is 1. The molecule has 118 valence electrons. The van der Waals surface area contributed by atoms with Gasteiger partial charge in [-0.25, -0.2) is 8.78 Å². The van der Waals surface area contributed by atoms with E-state index in [1.807, 2.05) is 0 Å². The summed E-state index contributed by atoms with van der Waals surface area (Å²) in [7, 11) is 2.67. The lowest BCUT2D eigenvalue weighted by Gasteiger charge is -2.26. The summed E-state index contributed by atoms with van der Waals surface area (Å²) in [5.74, 6) is -8.14. The SMILES string of the molecule is CNC(C)(CCOc1c(F)c(F)cc(F)c1F)C(=O)OC. The fourth-order valence-electron chi connectivity index (χ4n) is 1.59. The normalized spacial score (nSPS) is 13.7. The third kappa shape index (κ3) is 3.63. The molecule has 1 rings (SSSR count). The molecule has 0 heterocycles. The smallest absolute Gasteiger partial charge is 0.325 e. The van der Waals surface area contributed by atoms with Gasteiger partial charge in [0.15, 0.2) is 17.4 Å². The lowest BCUT2D eigenvalue weighted by molar-refractivity contribution is -0.148. The highest BCUT2D eigenvalue weighted by atomic mass is 19.2. The van der Waals surface area contributed by atoms with Gasteiger partial charge in [-0.1, -0.05) is 0 Å². The first-order valence-electron chi connectivity index (χ1n) is 6.00. The van der Waals surface area contributed by atoms with E-state index in [0.29, 0.717) is 0 Å². The molecule has 1 atom stereocenters. The molecule has 0 aromatic heterocycles. The molecule has 8 heteroatoms. The van der Waals surface area contributed by atoms with Crippen LogP contribution in [0.1, 0.15) is 13.3 Å². The van der Waals surface area contributed by atoms with Crippen LogP contribution >= 0.6 is 0 Å². The summed E-state index contributed by atoms with van der Waals surface area (Å²) in [6, 6.07) is 0.0870. The molecular formula is C13H15F4NO3. The predicted molar refractivity (Wildman–Crippen MR) is 65.9 cm³/mol. The summed E-state index contributed by atoms with van der Waals surface area (Å²) in [6.45, 7) is 1.13. The lowest BCUT2D eigenvalue weighted by Crippen LogP contribution is -2.49. The van der Waals surface area contributed by atoms with Crippen LogP contribution in [0.5, 0.6) is 5.75 Å². The number of ether oxygens (including phenoxy) is 2. The van der Waals surface area contributed by atoms with Gasteiger partial charge >= 0.3 is 5.97 Å². The van der Waals surface area contributed by atoms with Crippen molar-refractivity contribution in [1.82, 2.24) is 5.32 Å². The van der Waals surface area contributed by atoms with E-state index >= 15 is 0 Å². The molecule has 0 spiro atoms. The number of rotatable bonds is 6. The van der Waals surface area contributed by atoms with Crippen LogP contribution < -0.4 is 10.1 Å². The maximum Gasteiger partial charge on any atom is 0.325 e. The Morgan fingerprint density at radius 3 is 2.19 bits per heavy atom. The lowest BCUT2D eigenvalue weighted by atomic mass is 9.99. The molecule has 0 amide bonds. The maximum absolute atomic E-state index is 13.4. The van der Waals surface area contributed by atoms with E-state index in [-0.39, 0.29) is 19.1 Å². The van der Waals surface area contributed by atoms with Crippen molar-refractivity contribution in [2.45, 2.75) is 18.9 Å². The monoisotopic (exact) mass is 309 g/mol. The summed E-state index contributed by atoms with van der Waals surface area (Å²) in [5, 5.41) is 2.68. The summed E-state index contributed by atoms with van der Waals surface area (Å²) >= 11 is 0. The second-order valence-electron chi connectivity index (χ2n) is 4.47. The molecule has 1 aromatic rings. The van der Waals surface area contributed by atoms with Gasteiger partial charge < -0.3 is 14.8 Å². The van der Waals surface area contributed by atoms with Crippen LogP contribution in [0.4, 0.5) is 17.6 Å². The molecule has 0 bridgehead atoms. The van der Waals surface area contributed by atoms with Crippen LogP contribution in [0.25, 0.3) is 0 Å². The highest BCUT2D eigenvalue weighted by Crippen LogP contribution is 2.27. The summed E-state index contributed by atoms with van der Waals surface area (Å²) in [6.07, 6.45) is -0.0345. The van der Waals surface area contributed by atoms with E-state index in [0.717, 1.165) is 0 Å². The zero-order valence-corrected chi connectivity index (χ0v) is 11.7. The van der Waals surface area contributed by atoms with E-state index in [1.165, 1.54) is 21.1 Å². The van der Waals surface area contributed by atoms with Crippen molar-refractivity contribution in [1.29, 1.82) is 0 Å². The van der Waals surface area contributed by atoms with Crippen molar-refractivity contribution in [2.24, 2.45) is 0 Å². The van der Waals surface area contributed by atoms with E-state index in [4.69, 9.17) is 4.74 Å². The molecule has 21 heavy (non-hydrogen) atoms. The number of hydrogen-bond acceptors (Lipinski definition) is 4. The van der Waals surface area contributed by atoms with Gasteiger partial charge in [0.1, 0.15) is 5.54 Å². The molecule has 1 unspecified atom stereocenters. The molecule has 0 saturated heterocycles. The van der Waals surface area contributed by atoms with E-state index < -0.39 is 40.5 Å². The Balaban J connectivity index is 2.84. The van der Waals surface area contributed by atoms with Gasteiger partial charge in [0.2, 0.25) is 11.6 Å². The Hall–Kier alpha value is -1.83. The fourth-order valence-corrected chi connectivity index (χ4v) is 1.59. The quantitative estimate of drug-likeness (QED) is 0.497. The second kappa shape index (κ2) is 6.75. The third-order valence-corrected chi connectivity index (χ3v) is 3.11. The van der Waals surface area contributed by atoms with Crippen LogP contribution in [0.3, 0.4) is 0 Å². The van der Waals surface area contributed by atoms with Gasteiger partial charge in [0.05, 0.1) is 13.7 Å². The Labute approximate surface area is 119 Å². The molecule has 0 saturated carbocycles. The number of hydrogen-bond donors (Lipinski definition) is 1. The van der Waals surface area contributed by atoms with E-state index in [2.05, 4.69) is 10.1 Å². The van der Waals surface area contributed by atoms with Crippen molar-refractivity contribution in [2.75, 3.05) is 20.8 Å². The van der Waals surface area contributed by atoms with E-state index in [1.54, 1.807) is 0 Å². The van der Waals surface area contributed by atoms with Crippen molar-refractivity contribution in [3.8, 4) is 5.75 Å². The number of halogens is 4.